The molecule has 0 aliphatic carbocycles. The summed E-state index contributed by atoms with van der Waals surface area (Å²) in [6.07, 6.45) is 0.646. The van der Waals surface area contributed by atoms with Gasteiger partial charge in [-0.15, -0.1) is 0 Å². The first-order chi connectivity index (χ1) is 19.0. The Kier molecular flexibility index (Phi) is 7.05. The number of fused-ring (bicyclic) bond motifs is 1. The van der Waals surface area contributed by atoms with Gasteiger partial charge in [-0.1, -0.05) is 31.2 Å². The first kappa shape index (κ1) is 25.2. The number of hydrogen-bond donors (Lipinski definition) is 1. The highest BCUT2D eigenvalue weighted by Gasteiger charge is 2.21. The normalized spacial score (nSPS) is 10.7. The van der Waals surface area contributed by atoms with Gasteiger partial charge in [0.05, 0.1) is 17.2 Å². The van der Waals surface area contributed by atoms with E-state index in [4.69, 9.17) is 14.2 Å². The number of imidazole rings is 1. The Bertz CT molecular complexity index is 1710. The lowest BCUT2D eigenvalue weighted by molar-refractivity contribution is 0.0696. The molecule has 0 amide bonds. The van der Waals surface area contributed by atoms with E-state index in [9.17, 15) is 15.2 Å². The molecule has 0 aliphatic heterocycles. The van der Waals surface area contributed by atoms with Crippen LogP contribution in [0.4, 0.5) is 0 Å². The lowest BCUT2D eigenvalue weighted by atomic mass is 10.2. The molecule has 2 aromatic heterocycles. The van der Waals surface area contributed by atoms with Crippen molar-refractivity contribution in [3.05, 3.63) is 89.7 Å². The van der Waals surface area contributed by atoms with E-state index in [0.29, 0.717) is 41.2 Å². The van der Waals surface area contributed by atoms with Crippen LogP contribution in [0, 0.1) is 11.3 Å². The van der Waals surface area contributed by atoms with Crippen molar-refractivity contribution in [1.82, 2.24) is 19.5 Å². The summed E-state index contributed by atoms with van der Waals surface area (Å²) in [5.41, 5.74) is 1.33. The molecule has 0 radical (unpaired) electrons. The number of rotatable bonds is 9. The molecular weight excluding hydrogens is 498 g/mol. The molecule has 0 unspecified atom stereocenters. The maximum absolute atomic E-state index is 11.5. The molecule has 3 aromatic carbocycles. The van der Waals surface area contributed by atoms with E-state index in [1.54, 1.807) is 36.4 Å². The van der Waals surface area contributed by atoms with Crippen molar-refractivity contribution in [2.24, 2.45) is 0 Å². The lowest BCUT2D eigenvalue weighted by Crippen LogP contribution is -2.03. The maximum Gasteiger partial charge on any atom is 0.335 e. The SMILES string of the molecule is CCc1nc2c(Oc3cccc(C(=O)O)c3)nc(Oc3cc(C#N)ccc3Oc3ccccc3)nc2n1CC. The number of para-hydroxylation sites is 1. The molecule has 10 heteroatoms. The smallest absolute Gasteiger partial charge is 0.335 e. The van der Waals surface area contributed by atoms with Crippen LogP contribution in [0.1, 0.15) is 35.6 Å². The second kappa shape index (κ2) is 10.9. The van der Waals surface area contributed by atoms with Gasteiger partial charge in [-0.05, 0) is 49.4 Å². The minimum absolute atomic E-state index is 0.0582. The molecule has 5 rings (SSSR count). The predicted molar refractivity (Wildman–Crippen MR) is 142 cm³/mol. The zero-order chi connectivity index (χ0) is 27.4. The highest BCUT2D eigenvalue weighted by atomic mass is 16.5. The molecule has 1 N–H and O–H groups in total. The average Bonchev–Trinajstić information content (AvgIpc) is 3.32. The summed E-state index contributed by atoms with van der Waals surface area (Å²) in [6.45, 7) is 4.55. The van der Waals surface area contributed by atoms with E-state index < -0.39 is 5.97 Å². The Morgan fingerprint density at radius 2 is 1.69 bits per heavy atom. The summed E-state index contributed by atoms with van der Waals surface area (Å²) < 4.78 is 20.1. The van der Waals surface area contributed by atoms with Crippen molar-refractivity contribution < 1.29 is 24.1 Å². The zero-order valence-electron chi connectivity index (χ0n) is 21.2. The molecule has 194 valence electrons. The number of nitriles is 1. The van der Waals surface area contributed by atoms with Crippen LogP contribution in [0.25, 0.3) is 11.2 Å². The van der Waals surface area contributed by atoms with Crippen molar-refractivity contribution in [3.63, 3.8) is 0 Å². The summed E-state index contributed by atoms with van der Waals surface area (Å²) in [7, 11) is 0. The van der Waals surface area contributed by atoms with Crippen LogP contribution in [-0.2, 0) is 13.0 Å². The molecule has 39 heavy (non-hydrogen) atoms. The maximum atomic E-state index is 11.5. The summed E-state index contributed by atoms with van der Waals surface area (Å²) in [4.78, 5) is 25.2. The second-order valence-electron chi connectivity index (χ2n) is 8.33. The first-order valence-electron chi connectivity index (χ1n) is 12.2. The van der Waals surface area contributed by atoms with Crippen LogP contribution in [0.5, 0.6) is 34.9 Å². The van der Waals surface area contributed by atoms with Crippen molar-refractivity contribution in [1.29, 1.82) is 5.26 Å². The monoisotopic (exact) mass is 521 g/mol. The highest BCUT2D eigenvalue weighted by Crippen LogP contribution is 2.37. The third kappa shape index (κ3) is 5.33. The van der Waals surface area contributed by atoms with E-state index >= 15 is 0 Å². The van der Waals surface area contributed by atoms with Gasteiger partial charge in [0.1, 0.15) is 17.3 Å². The minimum atomic E-state index is -1.08. The summed E-state index contributed by atoms with van der Waals surface area (Å²) in [5, 5.41) is 18.8. The van der Waals surface area contributed by atoms with Crippen molar-refractivity contribution >= 4 is 17.1 Å². The molecule has 0 saturated carbocycles. The molecule has 0 aliphatic rings. The fourth-order valence-corrected chi connectivity index (χ4v) is 3.98. The Balaban J connectivity index is 1.60. The summed E-state index contributed by atoms with van der Waals surface area (Å²) >= 11 is 0. The molecule has 0 saturated heterocycles. The van der Waals surface area contributed by atoms with Gasteiger partial charge in [0, 0.05) is 19.0 Å². The second-order valence-corrected chi connectivity index (χ2v) is 8.33. The van der Waals surface area contributed by atoms with Gasteiger partial charge < -0.3 is 23.9 Å². The summed E-state index contributed by atoms with van der Waals surface area (Å²) in [5.74, 6) is 1.24. The van der Waals surface area contributed by atoms with Gasteiger partial charge in [-0.3, -0.25) is 0 Å². The Labute approximate surface area is 223 Å². The zero-order valence-corrected chi connectivity index (χ0v) is 21.2. The van der Waals surface area contributed by atoms with Crippen LogP contribution in [0.2, 0.25) is 0 Å². The Morgan fingerprint density at radius 1 is 0.897 bits per heavy atom. The number of carbonyl (C=O) groups is 1. The van der Waals surface area contributed by atoms with Gasteiger partial charge in [0.25, 0.3) is 5.88 Å². The van der Waals surface area contributed by atoms with Gasteiger partial charge in [0.2, 0.25) is 0 Å². The molecule has 2 heterocycles. The van der Waals surface area contributed by atoms with E-state index in [0.717, 1.165) is 5.82 Å². The summed E-state index contributed by atoms with van der Waals surface area (Å²) in [6, 6.07) is 22.1. The largest absolute Gasteiger partial charge is 0.478 e. The number of nitrogens with zero attached hydrogens (tertiary/aromatic N) is 5. The van der Waals surface area contributed by atoms with Crippen molar-refractivity contribution in [2.75, 3.05) is 0 Å². The Hall–Kier alpha value is -5.43. The topological polar surface area (TPSA) is 132 Å². The van der Waals surface area contributed by atoms with Crippen LogP contribution in [0.3, 0.4) is 0 Å². The molecule has 10 nitrogen and oxygen atoms in total. The molecule has 5 aromatic rings. The Morgan fingerprint density at radius 3 is 2.41 bits per heavy atom. The van der Waals surface area contributed by atoms with Gasteiger partial charge in [0.15, 0.2) is 22.7 Å². The number of carboxylic acids is 1. The third-order valence-electron chi connectivity index (χ3n) is 5.79. The van der Waals surface area contributed by atoms with Gasteiger partial charge in [-0.25, -0.2) is 9.78 Å². The molecule has 0 fully saturated rings. The quantitative estimate of drug-likeness (QED) is 0.235. The fraction of sp³-hybridized carbons (Fsp3) is 0.138. The van der Waals surface area contributed by atoms with Gasteiger partial charge >= 0.3 is 12.0 Å². The highest BCUT2D eigenvalue weighted by molar-refractivity contribution is 5.88. The molecule has 0 bridgehead atoms. The van der Waals surface area contributed by atoms with E-state index in [2.05, 4.69) is 21.0 Å². The van der Waals surface area contributed by atoms with Crippen LogP contribution < -0.4 is 14.2 Å². The number of aryl methyl sites for hydroxylation is 2. The number of benzene rings is 3. The van der Waals surface area contributed by atoms with E-state index in [1.165, 1.54) is 18.2 Å². The minimum Gasteiger partial charge on any atom is -0.478 e. The van der Waals surface area contributed by atoms with Crippen LogP contribution in [0.15, 0.2) is 72.8 Å². The first-order valence-corrected chi connectivity index (χ1v) is 12.2. The van der Waals surface area contributed by atoms with E-state index in [1.807, 2.05) is 36.6 Å². The lowest BCUT2D eigenvalue weighted by Gasteiger charge is -2.13. The van der Waals surface area contributed by atoms with Crippen LogP contribution in [-0.4, -0.2) is 30.6 Å². The standard InChI is InChI=1S/C29H23N5O5/c1-3-24-31-25-26(34(24)4-2)32-29(33-27(25)38-21-12-8-9-19(16-21)28(35)36)39-23-15-18(17-30)13-14-22(23)37-20-10-6-5-7-11-20/h5-16H,3-4H2,1-2H3,(H,35,36). The molecule has 0 spiro atoms. The number of aromatic nitrogens is 4. The number of aromatic carboxylic acids is 1. The van der Waals surface area contributed by atoms with Gasteiger partial charge in [-0.2, -0.15) is 15.2 Å². The van der Waals surface area contributed by atoms with Crippen LogP contribution >= 0.6 is 0 Å². The fourth-order valence-electron chi connectivity index (χ4n) is 3.98. The van der Waals surface area contributed by atoms with Crippen molar-refractivity contribution in [3.8, 4) is 41.0 Å². The number of ether oxygens (including phenoxy) is 3. The third-order valence-corrected chi connectivity index (χ3v) is 5.79. The number of hydrogen-bond acceptors (Lipinski definition) is 8. The number of carboxylic acid groups (broad SMARTS) is 1. The van der Waals surface area contributed by atoms with Crippen molar-refractivity contribution in [2.45, 2.75) is 26.8 Å². The molecular formula is C29H23N5O5. The predicted octanol–water partition coefficient (Wildman–Crippen LogP) is 6.36. The van der Waals surface area contributed by atoms with E-state index in [-0.39, 0.29) is 29.0 Å². The average molecular weight is 522 g/mol. The molecule has 0 atom stereocenters.